The van der Waals surface area contributed by atoms with E-state index in [9.17, 15) is 14.9 Å². The molecule has 0 bridgehead atoms. The minimum atomic E-state index is -0.841. The van der Waals surface area contributed by atoms with Gasteiger partial charge in [0.2, 0.25) is 5.82 Å². The Bertz CT molecular complexity index is 476. The summed E-state index contributed by atoms with van der Waals surface area (Å²) in [5.74, 6) is -0.620. The molecular weight excluding hydrogens is 250 g/mol. The summed E-state index contributed by atoms with van der Waals surface area (Å²) < 4.78 is 0. The Balaban J connectivity index is 2.65. The van der Waals surface area contributed by atoms with Gasteiger partial charge in [0.25, 0.3) is 0 Å². The van der Waals surface area contributed by atoms with Crippen LogP contribution in [-0.2, 0) is 4.79 Å². The molecule has 104 valence electrons. The Hall–Kier alpha value is -2.18. The van der Waals surface area contributed by atoms with E-state index in [1.165, 1.54) is 6.07 Å². The van der Waals surface area contributed by atoms with Crippen molar-refractivity contribution in [3.05, 3.63) is 27.9 Å². The molecule has 7 heteroatoms. The molecule has 0 spiro atoms. The van der Waals surface area contributed by atoms with E-state index in [1.807, 2.05) is 6.92 Å². The molecule has 0 fully saturated rings. The highest BCUT2D eigenvalue weighted by atomic mass is 16.6. The van der Waals surface area contributed by atoms with Gasteiger partial charge in [-0.3, -0.25) is 14.9 Å². The van der Waals surface area contributed by atoms with E-state index in [-0.39, 0.29) is 24.0 Å². The van der Waals surface area contributed by atoms with Crippen LogP contribution in [0, 0.1) is 17.0 Å². The third-order valence-electron chi connectivity index (χ3n) is 2.61. The normalized spacial score (nSPS) is 11.9. The molecular formula is C12H17N3O4. The quantitative estimate of drug-likeness (QED) is 0.580. The lowest BCUT2D eigenvalue weighted by Gasteiger charge is -2.14. The molecule has 19 heavy (non-hydrogen) atoms. The first-order chi connectivity index (χ1) is 8.90. The molecule has 0 radical (unpaired) electrons. The molecule has 2 N–H and O–H groups in total. The first kappa shape index (κ1) is 14.9. The fourth-order valence-electron chi connectivity index (χ4n) is 1.67. The van der Waals surface area contributed by atoms with E-state index in [0.717, 1.165) is 5.56 Å². The third-order valence-corrected chi connectivity index (χ3v) is 2.61. The second-order valence-electron chi connectivity index (χ2n) is 4.47. The summed E-state index contributed by atoms with van der Waals surface area (Å²) in [5.41, 5.74) is 0.654. The molecule has 7 nitrogen and oxygen atoms in total. The maximum Gasteiger partial charge on any atom is 0.311 e. The van der Waals surface area contributed by atoms with E-state index in [1.54, 1.807) is 13.1 Å². The van der Waals surface area contributed by atoms with Crippen molar-refractivity contribution < 1.29 is 14.8 Å². The highest BCUT2D eigenvalue weighted by Gasteiger charge is 2.17. The van der Waals surface area contributed by atoms with Crippen LogP contribution in [0.2, 0.25) is 0 Å². The van der Waals surface area contributed by atoms with Gasteiger partial charge in [-0.15, -0.1) is 0 Å². The van der Waals surface area contributed by atoms with Crippen LogP contribution in [-0.4, -0.2) is 27.0 Å². The van der Waals surface area contributed by atoms with Crippen molar-refractivity contribution >= 4 is 17.5 Å². The van der Waals surface area contributed by atoms with E-state index < -0.39 is 10.9 Å². The Morgan fingerprint density at radius 1 is 1.63 bits per heavy atom. The van der Waals surface area contributed by atoms with Crippen LogP contribution in [0.25, 0.3) is 0 Å². The SMILES string of the molecule is Cc1cnc(NC(C)CCCC(=O)O)c([N+](=O)[O-])c1. The number of nitrogens with one attached hydrogen (secondary N) is 1. The summed E-state index contributed by atoms with van der Waals surface area (Å²) in [5, 5.41) is 22.4. The number of aryl methyl sites for hydroxylation is 1. The molecule has 0 saturated heterocycles. The number of carboxylic acid groups (broad SMARTS) is 1. The summed E-state index contributed by atoms with van der Waals surface area (Å²) >= 11 is 0. The number of nitrogens with zero attached hydrogens (tertiary/aromatic N) is 2. The molecule has 1 aromatic rings. The maximum absolute atomic E-state index is 10.9. The van der Waals surface area contributed by atoms with Gasteiger partial charge in [-0.05, 0) is 32.3 Å². The van der Waals surface area contributed by atoms with Crippen LogP contribution in [0.15, 0.2) is 12.3 Å². The lowest BCUT2D eigenvalue weighted by molar-refractivity contribution is -0.384. The van der Waals surface area contributed by atoms with Crippen LogP contribution in [0.5, 0.6) is 0 Å². The van der Waals surface area contributed by atoms with Gasteiger partial charge in [0, 0.05) is 24.7 Å². The summed E-state index contributed by atoms with van der Waals surface area (Å²) in [7, 11) is 0. The van der Waals surface area contributed by atoms with Crippen molar-refractivity contribution in [2.45, 2.75) is 39.2 Å². The lowest BCUT2D eigenvalue weighted by atomic mass is 10.1. The topological polar surface area (TPSA) is 105 Å². The van der Waals surface area contributed by atoms with E-state index in [0.29, 0.717) is 12.8 Å². The predicted octanol–water partition coefficient (Wildman–Crippen LogP) is 2.35. The fourth-order valence-corrected chi connectivity index (χ4v) is 1.67. The average molecular weight is 267 g/mol. The number of carbonyl (C=O) groups is 1. The van der Waals surface area contributed by atoms with Crippen LogP contribution in [0.1, 0.15) is 31.7 Å². The smallest absolute Gasteiger partial charge is 0.311 e. The summed E-state index contributed by atoms with van der Waals surface area (Å²) in [6.45, 7) is 3.58. The third kappa shape index (κ3) is 4.90. The van der Waals surface area contributed by atoms with E-state index in [2.05, 4.69) is 10.3 Å². The summed E-state index contributed by atoms with van der Waals surface area (Å²) in [6, 6.07) is 1.38. The van der Waals surface area contributed by atoms with Crippen LogP contribution < -0.4 is 5.32 Å². The number of hydrogen-bond donors (Lipinski definition) is 2. The van der Waals surface area contributed by atoms with Crippen molar-refractivity contribution in [2.24, 2.45) is 0 Å². The predicted molar refractivity (Wildman–Crippen MR) is 70.2 cm³/mol. The lowest BCUT2D eigenvalue weighted by Crippen LogP contribution is -2.17. The van der Waals surface area contributed by atoms with Crippen molar-refractivity contribution in [2.75, 3.05) is 5.32 Å². The van der Waals surface area contributed by atoms with Gasteiger partial charge in [0.15, 0.2) is 0 Å². The molecule has 0 saturated carbocycles. The van der Waals surface area contributed by atoms with Gasteiger partial charge in [-0.1, -0.05) is 0 Å². The first-order valence-electron chi connectivity index (χ1n) is 5.99. The van der Waals surface area contributed by atoms with Crippen molar-refractivity contribution in [1.29, 1.82) is 0 Å². The van der Waals surface area contributed by atoms with Crippen molar-refractivity contribution in [3.63, 3.8) is 0 Å². The number of aliphatic carboxylic acids is 1. The number of nitro groups is 1. The Morgan fingerprint density at radius 2 is 2.32 bits per heavy atom. The highest BCUT2D eigenvalue weighted by molar-refractivity contribution is 5.66. The number of aromatic nitrogens is 1. The van der Waals surface area contributed by atoms with Gasteiger partial charge in [-0.25, -0.2) is 4.98 Å². The zero-order chi connectivity index (χ0) is 14.4. The molecule has 0 aliphatic heterocycles. The van der Waals surface area contributed by atoms with Crippen LogP contribution >= 0.6 is 0 Å². The number of rotatable bonds is 7. The molecule has 1 aromatic heterocycles. The van der Waals surface area contributed by atoms with Gasteiger partial charge >= 0.3 is 11.7 Å². The average Bonchev–Trinajstić information content (AvgIpc) is 2.30. The minimum Gasteiger partial charge on any atom is -0.481 e. The van der Waals surface area contributed by atoms with E-state index >= 15 is 0 Å². The van der Waals surface area contributed by atoms with Crippen molar-refractivity contribution in [1.82, 2.24) is 4.98 Å². The molecule has 0 amide bonds. The van der Waals surface area contributed by atoms with E-state index in [4.69, 9.17) is 5.11 Å². The van der Waals surface area contributed by atoms with Crippen molar-refractivity contribution in [3.8, 4) is 0 Å². The second-order valence-corrected chi connectivity index (χ2v) is 4.47. The standard InChI is InChI=1S/C12H17N3O4/c1-8-6-10(15(18)19)12(13-7-8)14-9(2)4-3-5-11(16)17/h6-7,9H,3-5H2,1-2H3,(H,13,14)(H,16,17). The Kier molecular flexibility index (Phi) is 5.23. The largest absolute Gasteiger partial charge is 0.481 e. The summed E-state index contributed by atoms with van der Waals surface area (Å²) in [4.78, 5) is 24.8. The number of pyridine rings is 1. The number of carboxylic acids is 1. The highest BCUT2D eigenvalue weighted by Crippen LogP contribution is 2.23. The monoisotopic (exact) mass is 267 g/mol. The first-order valence-corrected chi connectivity index (χ1v) is 5.99. The van der Waals surface area contributed by atoms with Crippen LogP contribution in [0.3, 0.4) is 0 Å². The molecule has 0 aromatic carbocycles. The number of hydrogen-bond acceptors (Lipinski definition) is 5. The molecule has 1 heterocycles. The second kappa shape index (κ2) is 6.67. The molecule has 0 aliphatic carbocycles. The maximum atomic E-state index is 10.9. The van der Waals surface area contributed by atoms with Gasteiger partial charge in [-0.2, -0.15) is 0 Å². The van der Waals surface area contributed by atoms with Gasteiger partial charge in [0.1, 0.15) is 0 Å². The fraction of sp³-hybridized carbons (Fsp3) is 0.500. The molecule has 0 aliphatic rings. The minimum absolute atomic E-state index is 0.0647. The zero-order valence-corrected chi connectivity index (χ0v) is 10.9. The molecule has 1 unspecified atom stereocenters. The zero-order valence-electron chi connectivity index (χ0n) is 10.9. The number of anilines is 1. The Morgan fingerprint density at radius 3 is 2.89 bits per heavy atom. The summed E-state index contributed by atoms with van der Waals surface area (Å²) in [6.07, 6.45) is 2.77. The Labute approximate surface area is 110 Å². The molecule has 1 atom stereocenters. The van der Waals surface area contributed by atoms with Crippen LogP contribution in [0.4, 0.5) is 11.5 Å². The van der Waals surface area contributed by atoms with Gasteiger partial charge < -0.3 is 10.4 Å². The molecule has 1 rings (SSSR count). The van der Waals surface area contributed by atoms with Gasteiger partial charge in [0.05, 0.1) is 4.92 Å².